The van der Waals surface area contributed by atoms with Crippen molar-refractivity contribution in [1.29, 1.82) is 0 Å². The molecule has 4 aromatic rings. The van der Waals surface area contributed by atoms with Crippen molar-refractivity contribution in [1.82, 2.24) is 24.9 Å². The fourth-order valence-corrected chi connectivity index (χ4v) is 3.84. The molecule has 170 valence electrons. The molecule has 2 heterocycles. The van der Waals surface area contributed by atoms with E-state index in [1.54, 1.807) is 22.8 Å². The number of carbonyl (C=O) groups excluding carboxylic acids is 1. The summed E-state index contributed by atoms with van der Waals surface area (Å²) in [6, 6.07) is 15.7. The summed E-state index contributed by atoms with van der Waals surface area (Å²) in [6.45, 7) is 4.01. The molecule has 2 aromatic heterocycles. The van der Waals surface area contributed by atoms with Gasteiger partial charge in [0.05, 0.1) is 11.3 Å². The molecule has 0 radical (unpaired) electrons. The van der Waals surface area contributed by atoms with E-state index in [0.717, 1.165) is 17.4 Å². The fraction of sp³-hybridized carbons (Fsp3) is 0.261. The minimum absolute atomic E-state index is 0.0186. The van der Waals surface area contributed by atoms with E-state index in [4.69, 9.17) is 9.26 Å². The minimum Gasteiger partial charge on any atom is -0.455 e. The Morgan fingerprint density at radius 3 is 2.64 bits per heavy atom. The van der Waals surface area contributed by atoms with Crippen LogP contribution in [0.1, 0.15) is 25.6 Å². The Labute approximate surface area is 194 Å². The van der Waals surface area contributed by atoms with Gasteiger partial charge in [-0.2, -0.15) is 4.98 Å². The third-order valence-corrected chi connectivity index (χ3v) is 5.44. The smallest absolute Gasteiger partial charge is 0.316 e. The second-order valence-electron chi connectivity index (χ2n) is 7.61. The Morgan fingerprint density at radius 2 is 1.88 bits per heavy atom. The molecule has 0 aliphatic rings. The molecule has 2 aromatic carbocycles. The van der Waals surface area contributed by atoms with E-state index in [2.05, 4.69) is 34.2 Å². The van der Waals surface area contributed by atoms with Gasteiger partial charge in [0.2, 0.25) is 0 Å². The first-order chi connectivity index (χ1) is 16.0. The number of thioether (sulfide) groups is 1. The van der Waals surface area contributed by atoms with Crippen molar-refractivity contribution < 1.29 is 18.4 Å². The van der Waals surface area contributed by atoms with Gasteiger partial charge in [-0.25, -0.2) is 4.39 Å². The maximum atomic E-state index is 14.4. The largest absolute Gasteiger partial charge is 0.455 e. The van der Waals surface area contributed by atoms with E-state index in [9.17, 15) is 9.18 Å². The zero-order chi connectivity index (χ0) is 23.2. The van der Waals surface area contributed by atoms with Gasteiger partial charge >= 0.3 is 5.97 Å². The molecular formula is C23H22FN5O3S. The van der Waals surface area contributed by atoms with Crippen LogP contribution in [0.3, 0.4) is 0 Å². The van der Waals surface area contributed by atoms with Crippen molar-refractivity contribution in [2.24, 2.45) is 5.92 Å². The molecule has 0 saturated carbocycles. The van der Waals surface area contributed by atoms with Crippen LogP contribution < -0.4 is 0 Å². The van der Waals surface area contributed by atoms with Crippen LogP contribution in [0.15, 0.2) is 64.3 Å². The second kappa shape index (κ2) is 10.4. The highest BCUT2D eigenvalue weighted by Gasteiger charge is 2.20. The number of carbonyl (C=O) groups is 1. The highest BCUT2D eigenvalue weighted by atomic mass is 32.2. The highest BCUT2D eigenvalue weighted by Crippen LogP contribution is 2.29. The Balaban J connectivity index is 1.46. The van der Waals surface area contributed by atoms with Crippen LogP contribution in [0.4, 0.5) is 4.39 Å². The molecule has 0 atom stereocenters. The lowest BCUT2D eigenvalue weighted by molar-refractivity contribution is -0.142. The van der Waals surface area contributed by atoms with Crippen molar-refractivity contribution in [2.75, 3.05) is 5.75 Å². The fourth-order valence-electron chi connectivity index (χ4n) is 3.09. The van der Waals surface area contributed by atoms with Crippen LogP contribution in [0.2, 0.25) is 0 Å². The van der Waals surface area contributed by atoms with Crippen LogP contribution in [0.5, 0.6) is 0 Å². The zero-order valence-electron chi connectivity index (χ0n) is 18.1. The number of benzene rings is 2. The summed E-state index contributed by atoms with van der Waals surface area (Å²) in [5.74, 6) is 0.674. The molecule has 0 spiro atoms. The molecule has 8 nitrogen and oxygen atoms in total. The van der Waals surface area contributed by atoms with Crippen molar-refractivity contribution >= 4 is 17.7 Å². The van der Waals surface area contributed by atoms with Gasteiger partial charge in [0.15, 0.2) is 23.4 Å². The highest BCUT2D eigenvalue weighted by molar-refractivity contribution is 7.99. The number of rotatable bonds is 9. The van der Waals surface area contributed by atoms with Crippen LogP contribution >= 0.6 is 11.8 Å². The Morgan fingerprint density at radius 1 is 1.12 bits per heavy atom. The van der Waals surface area contributed by atoms with Crippen molar-refractivity contribution in [2.45, 2.75) is 32.0 Å². The Bertz CT molecular complexity index is 1230. The summed E-state index contributed by atoms with van der Waals surface area (Å²) in [6.07, 6.45) is 0.687. The molecule has 10 heteroatoms. The summed E-state index contributed by atoms with van der Waals surface area (Å²) in [5.41, 5.74) is 1.07. The number of halogens is 1. The van der Waals surface area contributed by atoms with Gasteiger partial charge in [-0.05, 0) is 30.2 Å². The summed E-state index contributed by atoms with van der Waals surface area (Å²) in [5, 5.41) is 12.7. The topological polar surface area (TPSA) is 95.9 Å². The van der Waals surface area contributed by atoms with E-state index < -0.39 is 11.8 Å². The molecule has 0 N–H and O–H groups in total. The number of hydrogen-bond acceptors (Lipinski definition) is 8. The third-order valence-electron chi connectivity index (χ3n) is 4.54. The van der Waals surface area contributed by atoms with Crippen LogP contribution in [-0.2, 0) is 22.6 Å². The maximum absolute atomic E-state index is 14.4. The SMILES string of the molecule is CC(C)Cc1noc(COC(=O)CSc2nnc(-c3ccccc3F)n2-c2ccccc2)n1. The van der Waals surface area contributed by atoms with Gasteiger partial charge in [0, 0.05) is 12.1 Å². The molecule has 0 fully saturated rings. The van der Waals surface area contributed by atoms with Gasteiger partial charge in [-0.1, -0.05) is 61.1 Å². The maximum Gasteiger partial charge on any atom is 0.316 e. The summed E-state index contributed by atoms with van der Waals surface area (Å²) in [7, 11) is 0. The second-order valence-corrected chi connectivity index (χ2v) is 8.55. The monoisotopic (exact) mass is 467 g/mol. The Kier molecular flexibility index (Phi) is 7.13. The standard InChI is InChI=1S/C23H22FN5O3S/c1-15(2)12-19-25-20(32-28-19)13-31-21(30)14-33-23-27-26-22(17-10-6-7-11-18(17)24)29(23)16-8-4-3-5-9-16/h3-11,15H,12-14H2,1-2H3. The van der Waals surface area contributed by atoms with Crippen molar-refractivity contribution in [3.63, 3.8) is 0 Å². The molecule has 4 rings (SSSR count). The molecule has 0 unspecified atom stereocenters. The van der Waals surface area contributed by atoms with Gasteiger partial charge in [0.25, 0.3) is 5.89 Å². The normalized spacial score (nSPS) is 11.2. The average molecular weight is 468 g/mol. The Hall–Kier alpha value is -3.53. The lowest BCUT2D eigenvalue weighted by Crippen LogP contribution is -2.09. The summed E-state index contributed by atoms with van der Waals surface area (Å²) >= 11 is 1.15. The molecule has 0 aliphatic carbocycles. The number of para-hydroxylation sites is 1. The quantitative estimate of drug-likeness (QED) is 0.262. The number of nitrogens with zero attached hydrogens (tertiary/aromatic N) is 5. The third kappa shape index (κ3) is 5.64. The lowest BCUT2D eigenvalue weighted by Gasteiger charge is -2.10. The van der Waals surface area contributed by atoms with Crippen LogP contribution in [0, 0.1) is 11.7 Å². The predicted octanol–water partition coefficient (Wildman–Crippen LogP) is 4.49. The van der Waals surface area contributed by atoms with Crippen molar-refractivity contribution in [3.8, 4) is 17.1 Å². The minimum atomic E-state index is -0.473. The number of hydrogen-bond donors (Lipinski definition) is 0. The van der Waals surface area contributed by atoms with Gasteiger partial charge < -0.3 is 9.26 Å². The molecule has 0 saturated heterocycles. The molecular weight excluding hydrogens is 445 g/mol. The number of ether oxygens (including phenoxy) is 1. The van der Waals surface area contributed by atoms with E-state index in [1.807, 2.05) is 30.3 Å². The van der Waals surface area contributed by atoms with Crippen LogP contribution in [0.25, 0.3) is 17.1 Å². The lowest BCUT2D eigenvalue weighted by atomic mass is 10.1. The number of aromatic nitrogens is 5. The van der Waals surface area contributed by atoms with Crippen molar-refractivity contribution in [3.05, 3.63) is 72.1 Å². The molecule has 0 bridgehead atoms. The predicted molar refractivity (Wildman–Crippen MR) is 120 cm³/mol. The summed E-state index contributed by atoms with van der Waals surface area (Å²) < 4.78 is 26.5. The van der Waals surface area contributed by atoms with Gasteiger partial charge in [-0.3, -0.25) is 9.36 Å². The summed E-state index contributed by atoms with van der Waals surface area (Å²) in [4.78, 5) is 16.5. The average Bonchev–Trinajstić information content (AvgIpc) is 3.43. The van der Waals surface area contributed by atoms with E-state index in [0.29, 0.717) is 34.7 Å². The first-order valence-electron chi connectivity index (χ1n) is 10.4. The first kappa shape index (κ1) is 22.7. The number of esters is 1. The van der Waals surface area contributed by atoms with Gasteiger partial charge in [0.1, 0.15) is 5.82 Å². The van der Waals surface area contributed by atoms with E-state index in [1.165, 1.54) is 6.07 Å². The first-order valence-corrected chi connectivity index (χ1v) is 11.4. The van der Waals surface area contributed by atoms with Gasteiger partial charge in [-0.15, -0.1) is 10.2 Å². The zero-order valence-corrected chi connectivity index (χ0v) is 19.0. The molecule has 0 aliphatic heterocycles. The van der Waals surface area contributed by atoms with Crippen LogP contribution in [-0.4, -0.2) is 36.6 Å². The van der Waals surface area contributed by atoms with E-state index >= 15 is 0 Å². The van der Waals surface area contributed by atoms with E-state index in [-0.39, 0.29) is 18.3 Å². The molecule has 0 amide bonds. The molecule has 33 heavy (non-hydrogen) atoms.